The van der Waals surface area contributed by atoms with E-state index in [1.165, 1.54) is 10.8 Å². The first-order valence-corrected chi connectivity index (χ1v) is 13.4. The second-order valence-electron chi connectivity index (χ2n) is 10.4. The quantitative estimate of drug-likeness (QED) is 0.231. The van der Waals surface area contributed by atoms with Crippen molar-refractivity contribution in [3.63, 3.8) is 0 Å². The summed E-state index contributed by atoms with van der Waals surface area (Å²) in [5.74, 6) is 0.833. The van der Waals surface area contributed by atoms with Crippen LogP contribution in [-0.2, 0) is 0 Å². The van der Waals surface area contributed by atoms with Crippen LogP contribution in [0.25, 0.3) is 77.2 Å². The van der Waals surface area contributed by atoms with Gasteiger partial charge in [0.1, 0.15) is 11.2 Å². The number of hydrogen-bond donors (Lipinski definition) is 0. The van der Waals surface area contributed by atoms with E-state index in [-0.39, 0.29) is 0 Å². The molecule has 9 rings (SSSR count). The minimum Gasteiger partial charge on any atom is -0.456 e. The van der Waals surface area contributed by atoms with Crippen LogP contribution in [-0.4, -0.2) is 19.2 Å². The SMILES string of the molecule is Cc1cc2c3ccccc3nc(-c3ccc(-n4c5ccccc5c5cc6c(cc54)oc4ccccc46)cc3)n2n1. The summed E-state index contributed by atoms with van der Waals surface area (Å²) in [6, 6.07) is 40.3. The number of hydrogen-bond acceptors (Lipinski definition) is 3. The van der Waals surface area contributed by atoms with Gasteiger partial charge in [0.15, 0.2) is 5.82 Å². The van der Waals surface area contributed by atoms with Crippen LogP contribution in [0.1, 0.15) is 5.69 Å². The van der Waals surface area contributed by atoms with Gasteiger partial charge in [-0.25, -0.2) is 9.50 Å². The Morgan fingerprint density at radius 1 is 0.575 bits per heavy atom. The molecule has 0 N–H and O–H groups in total. The summed E-state index contributed by atoms with van der Waals surface area (Å²) in [5, 5.41) is 10.6. The molecule has 0 unspecified atom stereocenters. The van der Waals surface area contributed by atoms with E-state index >= 15 is 0 Å². The topological polar surface area (TPSA) is 48.3 Å². The number of aromatic nitrogens is 4. The second-order valence-corrected chi connectivity index (χ2v) is 10.4. The van der Waals surface area contributed by atoms with Gasteiger partial charge in [0.05, 0.1) is 27.8 Å². The average Bonchev–Trinajstić information content (AvgIpc) is 3.66. The molecule has 0 saturated heterocycles. The fraction of sp³-hybridized carbons (Fsp3) is 0.0286. The molecular formula is C35H22N4O. The van der Waals surface area contributed by atoms with Crippen molar-refractivity contribution in [2.75, 3.05) is 0 Å². The Kier molecular flexibility index (Phi) is 4.20. The number of aryl methyl sites for hydroxylation is 1. The maximum absolute atomic E-state index is 6.27. The normalized spacial score (nSPS) is 12.1. The molecule has 4 aromatic heterocycles. The predicted molar refractivity (Wildman–Crippen MR) is 162 cm³/mol. The molecule has 0 amide bonds. The first-order chi connectivity index (χ1) is 19.7. The highest BCUT2D eigenvalue weighted by molar-refractivity contribution is 6.17. The summed E-state index contributed by atoms with van der Waals surface area (Å²) in [5.41, 5.74) is 9.19. The van der Waals surface area contributed by atoms with Crippen LogP contribution in [0.2, 0.25) is 0 Å². The van der Waals surface area contributed by atoms with Crippen LogP contribution in [0.4, 0.5) is 0 Å². The molecule has 0 bridgehead atoms. The maximum atomic E-state index is 6.27. The van der Waals surface area contributed by atoms with Gasteiger partial charge in [0.25, 0.3) is 0 Å². The molecule has 0 atom stereocenters. The summed E-state index contributed by atoms with van der Waals surface area (Å²) < 4.78 is 10.6. The zero-order chi connectivity index (χ0) is 26.4. The van der Waals surface area contributed by atoms with E-state index < -0.39 is 0 Å². The summed E-state index contributed by atoms with van der Waals surface area (Å²) in [4.78, 5) is 5.02. The molecule has 4 heterocycles. The van der Waals surface area contributed by atoms with E-state index in [0.717, 1.165) is 72.2 Å². The lowest BCUT2D eigenvalue weighted by Gasteiger charge is -2.11. The average molecular weight is 515 g/mol. The smallest absolute Gasteiger partial charge is 0.161 e. The lowest BCUT2D eigenvalue weighted by molar-refractivity contribution is 0.669. The highest BCUT2D eigenvalue weighted by Crippen LogP contribution is 2.38. The standard InChI is InChI=1S/C35H22N4O/c1-21-18-32-26-10-2-5-11-29(26)36-35(39(32)37-21)22-14-16-23(17-15-22)38-30-12-6-3-8-24(30)27-19-28-25-9-4-7-13-33(25)40-34(28)20-31(27)38/h2-20H,1H3. The number of rotatable bonds is 2. The number of fused-ring (bicyclic) bond motifs is 9. The molecule has 5 heteroatoms. The van der Waals surface area contributed by atoms with Crippen LogP contribution in [0.5, 0.6) is 0 Å². The molecule has 5 nitrogen and oxygen atoms in total. The van der Waals surface area contributed by atoms with Gasteiger partial charge in [0, 0.05) is 44.2 Å². The Balaban J connectivity index is 1.27. The molecule has 188 valence electrons. The Bertz CT molecular complexity index is 2440. The highest BCUT2D eigenvalue weighted by Gasteiger charge is 2.17. The summed E-state index contributed by atoms with van der Waals surface area (Å²) >= 11 is 0. The first kappa shape index (κ1) is 21.5. The van der Waals surface area contributed by atoms with Gasteiger partial charge >= 0.3 is 0 Å². The number of nitrogens with zero attached hydrogens (tertiary/aromatic N) is 4. The molecule has 5 aromatic carbocycles. The van der Waals surface area contributed by atoms with Gasteiger partial charge in [-0.15, -0.1) is 0 Å². The van der Waals surface area contributed by atoms with Crippen LogP contribution in [0.15, 0.2) is 120 Å². The zero-order valence-corrected chi connectivity index (χ0v) is 21.7. The minimum atomic E-state index is 0.833. The van der Waals surface area contributed by atoms with Gasteiger partial charge in [-0.2, -0.15) is 5.10 Å². The molecule has 0 aliphatic carbocycles. The molecule has 0 spiro atoms. The summed E-state index contributed by atoms with van der Waals surface area (Å²) in [6.45, 7) is 2.02. The van der Waals surface area contributed by atoms with Crippen molar-refractivity contribution >= 4 is 60.2 Å². The lowest BCUT2D eigenvalue weighted by Crippen LogP contribution is -2.00. The van der Waals surface area contributed by atoms with E-state index in [9.17, 15) is 0 Å². The van der Waals surface area contributed by atoms with Crippen LogP contribution < -0.4 is 0 Å². The Morgan fingerprint density at radius 3 is 2.20 bits per heavy atom. The number of furan rings is 1. The van der Waals surface area contributed by atoms with Crippen LogP contribution in [0, 0.1) is 6.92 Å². The Hall–Kier alpha value is -5.42. The van der Waals surface area contributed by atoms with E-state index in [0.29, 0.717) is 0 Å². The maximum Gasteiger partial charge on any atom is 0.161 e. The van der Waals surface area contributed by atoms with Crippen molar-refractivity contribution in [2.24, 2.45) is 0 Å². The predicted octanol–water partition coefficient (Wildman–Crippen LogP) is 8.85. The zero-order valence-electron chi connectivity index (χ0n) is 21.7. The van der Waals surface area contributed by atoms with Crippen LogP contribution in [0.3, 0.4) is 0 Å². The van der Waals surface area contributed by atoms with E-state index in [1.54, 1.807) is 0 Å². The Labute approximate surface area is 228 Å². The van der Waals surface area contributed by atoms with Crippen LogP contribution >= 0.6 is 0 Å². The fourth-order valence-electron chi connectivity index (χ4n) is 6.21. The van der Waals surface area contributed by atoms with Gasteiger partial charge < -0.3 is 8.98 Å². The lowest BCUT2D eigenvalue weighted by atomic mass is 10.1. The van der Waals surface area contributed by atoms with Crippen molar-refractivity contribution in [1.29, 1.82) is 0 Å². The molecule has 0 aliphatic heterocycles. The van der Waals surface area contributed by atoms with E-state index in [4.69, 9.17) is 14.5 Å². The van der Waals surface area contributed by atoms with Crippen molar-refractivity contribution in [3.05, 3.63) is 121 Å². The molecule has 40 heavy (non-hydrogen) atoms. The summed E-state index contributed by atoms with van der Waals surface area (Å²) in [7, 11) is 0. The first-order valence-electron chi connectivity index (χ1n) is 13.4. The van der Waals surface area contributed by atoms with Crippen molar-refractivity contribution in [2.45, 2.75) is 6.92 Å². The molecule has 0 radical (unpaired) electrons. The molecule has 9 aromatic rings. The molecule has 0 saturated carbocycles. The number of benzene rings is 5. The molecule has 0 fully saturated rings. The van der Waals surface area contributed by atoms with Gasteiger partial charge in [0.2, 0.25) is 0 Å². The third-order valence-electron chi connectivity index (χ3n) is 7.99. The minimum absolute atomic E-state index is 0.833. The molecule has 0 aliphatic rings. The van der Waals surface area contributed by atoms with Crippen molar-refractivity contribution in [1.82, 2.24) is 19.2 Å². The molecular weight excluding hydrogens is 492 g/mol. The van der Waals surface area contributed by atoms with Gasteiger partial charge in [-0.3, -0.25) is 0 Å². The van der Waals surface area contributed by atoms with Gasteiger partial charge in [-0.1, -0.05) is 54.6 Å². The fourth-order valence-corrected chi connectivity index (χ4v) is 6.21. The van der Waals surface area contributed by atoms with Crippen molar-refractivity contribution in [3.8, 4) is 17.1 Å². The highest BCUT2D eigenvalue weighted by atomic mass is 16.3. The summed E-state index contributed by atoms with van der Waals surface area (Å²) in [6.07, 6.45) is 0. The number of para-hydroxylation sites is 3. The largest absolute Gasteiger partial charge is 0.456 e. The van der Waals surface area contributed by atoms with E-state index in [1.807, 2.05) is 35.7 Å². The van der Waals surface area contributed by atoms with Gasteiger partial charge in [-0.05, 0) is 61.5 Å². The third kappa shape index (κ3) is 2.91. The monoisotopic (exact) mass is 514 g/mol. The Morgan fingerprint density at radius 2 is 1.32 bits per heavy atom. The second kappa shape index (κ2) is 7.80. The third-order valence-corrected chi connectivity index (χ3v) is 7.99. The van der Waals surface area contributed by atoms with E-state index in [2.05, 4.69) is 95.6 Å². The van der Waals surface area contributed by atoms with Crippen molar-refractivity contribution < 1.29 is 4.42 Å².